The highest BCUT2D eigenvalue weighted by molar-refractivity contribution is 5.31. The molecule has 1 aliphatic carbocycles. The molecule has 0 saturated heterocycles. The van der Waals surface area contributed by atoms with Crippen LogP contribution in [0.15, 0.2) is 12.1 Å². The Morgan fingerprint density at radius 3 is 2.35 bits per heavy atom. The zero-order valence-electron chi connectivity index (χ0n) is 10.1. The summed E-state index contributed by atoms with van der Waals surface area (Å²) in [5, 5.41) is 3.21. The normalized spacial score (nSPS) is 15.4. The van der Waals surface area contributed by atoms with Gasteiger partial charge in [-0.2, -0.15) is 0 Å². The predicted octanol–water partition coefficient (Wildman–Crippen LogP) is 3.00. The molecule has 2 nitrogen and oxygen atoms in total. The number of halogens is 2. The van der Waals surface area contributed by atoms with Crippen molar-refractivity contribution in [1.29, 1.82) is 0 Å². The molecule has 2 rings (SSSR count). The van der Waals surface area contributed by atoms with Gasteiger partial charge in [-0.25, -0.2) is 8.78 Å². The maximum atomic E-state index is 13.6. The van der Waals surface area contributed by atoms with Gasteiger partial charge < -0.3 is 10.1 Å². The number of rotatable bonds is 5. The van der Waals surface area contributed by atoms with Crippen LogP contribution in [0.2, 0.25) is 0 Å². The molecule has 1 aromatic rings. The van der Waals surface area contributed by atoms with Crippen LogP contribution in [0, 0.1) is 11.6 Å². The molecule has 1 fully saturated rings. The fraction of sp³-hybridized carbons (Fsp3) is 0.538. The first-order chi connectivity index (χ1) is 8.06. The van der Waals surface area contributed by atoms with Crippen LogP contribution in [0.25, 0.3) is 0 Å². The van der Waals surface area contributed by atoms with Crippen molar-refractivity contribution in [2.24, 2.45) is 0 Å². The summed E-state index contributed by atoms with van der Waals surface area (Å²) in [6.45, 7) is 3.98. The zero-order chi connectivity index (χ0) is 12.4. The quantitative estimate of drug-likeness (QED) is 0.855. The minimum absolute atomic E-state index is 0.241. The Hall–Kier alpha value is -1.16. The van der Waals surface area contributed by atoms with Crippen molar-refractivity contribution in [3.63, 3.8) is 0 Å². The maximum absolute atomic E-state index is 13.6. The van der Waals surface area contributed by atoms with E-state index in [0.29, 0.717) is 18.2 Å². The largest absolute Gasteiger partial charge is 0.485 e. The van der Waals surface area contributed by atoms with Gasteiger partial charge in [0.1, 0.15) is 0 Å². The first-order valence-electron chi connectivity index (χ1n) is 5.94. The van der Waals surface area contributed by atoms with Crippen LogP contribution in [0.1, 0.15) is 32.3 Å². The molecule has 0 unspecified atom stereocenters. The van der Waals surface area contributed by atoms with Crippen LogP contribution >= 0.6 is 0 Å². The van der Waals surface area contributed by atoms with E-state index in [-0.39, 0.29) is 11.9 Å². The van der Waals surface area contributed by atoms with Crippen molar-refractivity contribution >= 4 is 0 Å². The molecule has 1 aliphatic rings. The number of hydrogen-bond donors (Lipinski definition) is 1. The van der Waals surface area contributed by atoms with Crippen LogP contribution in [-0.2, 0) is 6.54 Å². The molecule has 94 valence electrons. The third-order valence-corrected chi connectivity index (χ3v) is 2.58. The first kappa shape index (κ1) is 12.3. The van der Waals surface area contributed by atoms with Crippen molar-refractivity contribution < 1.29 is 13.5 Å². The minimum Gasteiger partial charge on any atom is -0.485 e. The molecule has 17 heavy (non-hydrogen) atoms. The fourth-order valence-corrected chi connectivity index (χ4v) is 1.61. The van der Waals surface area contributed by atoms with Gasteiger partial charge in [0.2, 0.25) is 0 Å². The summed E-state index contributed by atoms with van der Waals surface area (Å²) in [4.78, 5) is 0. The lowest BCUT2D eigenvalue weighted by molar-refractivity contribution is 0.219. The topological polar surface area (TPSA) is 21.3 Å². The van der Waals surface area contributed by atoms with Crippen molar-refractivity contribution in [1.82, 2.24) is 5.32 Å². The monoisotopic (exact) mass is 241 g/mol. The predicted molar refractivity (Wildman–Crippen MR) is 62.0 cm³/mol. The van der Waals surface area contributed by atoms with E-state index < -0.39 is 11.6 Å². The van der Waals surface area contributed by atoms with Gasteiger partial charge >= 0.3 is 0 Å². The van der Waals surface area contributed by atoms with Gasteiger partial charge in [0, 0.05) is 12.6 Å². The molecule has 1 aromatic carbocycles. The maximum Gasteiger partial charge on any atom is 0.191 e. The molecule has 0 aromatic heterocycles. The summed E-state index contributed by atoms with van der Waals surface area (Å²) < 4.78 is 32.3. The third-order valence-electron chi connectivity index (χ3n) is 2.58. The third kappa shape index (κ3) is 3.40. The Kier molecular flexibility index (Phi) is 3.62. The molecule has 0 radical (unpaired) electrons. The van der Waals surface area contributed by atoms with Gasteiger partial charge in [0.25, 0.3) is 0 Å². The SMILES string of the molecule is CC(C)Oc1c(F)cc(CNC2CC2)cc1F. The van der Waals surface area contributed by atoms with Crippen LogP contribution in [0.3, 0.4) is 0 Å². The second-order valence-electron chi connectivity index (χ2n) is 4.71. The standard InChI is InChI=1S/C13H17F2NO/c1-8(2)17-13-11(14)5-9(6-12(13)15)7-16-10-3-4-10/h5-6,8,10,16H,3-4,7H2,1-2H3. The van der Waals surface area contributed by atoms with Crippen molar-refractivity contribution in [2.75, 3.05) is 0 Å². The van der Waals surface area contributed by atoms with Gasteiger partial charge in [0.15, 0.2) is 17.4 Å². The van der Waals surface area contributed by atoms with E-state index in [1.165, 1.54) is 12.1 Å². The Morgan fingerprint density at radius 2 is 1.88 bits per heavy atom. The minimum atomic E-state index is -0.633. The van der Waals surface area contributed by atoms with Crippen molar-refractivity contribution in [3.05, 3.63) is 29.3 Å². The lowest BCUT2D eigenvalue weighted by atomic mass is 10.2. The van der Waals surface area contributed by atoms with Crippen molar-refractivity contribution in [3.8, 4) is 5.75 Å². The molecular weight excluding hydrogens is 224 g/mol. The van der Waals surface area contributed by atoms with Gasteiger partial charge in [-0.15, -0.1) is 0 Å². The summed E-state index contributed by atoms with van der Waals surface area (Å²) in [5.41, 5.74) is 0.614. The Labute approximate surface area is 100.0 Å². The summed E-state index contributed by atoms with van der Waals surface area (Å²) in [6, 6.07) is 3.18. The van der Waals surface area contributed by atoms with Crippen LogP contribution < -0.4 is 10.1 Å². The fourth-order valence-electron chi connectivity index (χ4n) is 1.61. The first-order valence-corrected chi connectivity index (χ1v) is 5.94. The lowest BCUT2D eigenvalue weighted by Crippen LogP contribution is -2.16. The van der Waals surface area contributed by atoms with Gasteiger partial charge in [0.05, 0.1) is 6.10 Å². The van der Waals surface area contributed by atoms with Crippen LogP contribution in [-0.4, -0.2) is 12.1 Å². The molecule has 0 amide bonds. The smallest absolute Gasteiger partial charge is 0.191 e. The van der Waals surface area contributed by atoms with E-state index in [4.69, 9.17) is 4.74 Å². The number of benzene rings is 1. The molecule has 0 spiro atoms. The van der Waals surface area contributed by atoms with E-state index in [1.54, 1.807) is 13.8 Å². The Bertz CT molecular complexity index is 379. The van der Waals surface area contributed by atoms with Gasteiger partial charge in [-0.3, -0.25) is 0 Å². The van der Waals surface area contributed by atoms with E-state index in [1.807, 2.05) is 0 Å². The number of hydrogen-bond acceptors (Lipinski definition) is 2. The Morgan fingerprint density at radius 1 is 1.29 bits per heavy atom. The summed E-state index contributed by atoms with van der Waals surface area (Å²) in [7, 11) is 0. The molecule has 1 N–H and O–H groups in total. The molecule has 0 aliphatic heterocycles. The van der Waals surface area contributed by atoms with Crippen molar-refractivity contribution in [2.45, 2.75) is 45.4 Å². The number of nitrogens with one attached hydrogen (secondary N) is 1. The second-order valence-corrected chi connectivity index (χ2v) is 4.71. The Balaban J connectivity index is 2.09. The molecule has 0 atom stereocenters. The summed E-state index contributed by atoms with van der Waals surface area (Å²) >= 11 is 0. The van der Waals surface area contributed by atoms with Crippen LogP contribution in [0.4, 0.5) is 8.78 Å². The van der Waals surface area contributed by atoms with Gasteiger partial charge in [-0.05, 0) is 44.4 Å². The zero-order valence-corrected chi connectivity index (χ0v) is 10.1. The van der Waals surface area contributed by atoms with E-state index >= 15 is 0 Å². The molecule has 1 saturated carbocycles. The molecule has 0 heterocycles. The molecular formula is C13H17F2NO. The highest BCUT2D eigenvalue weighted by Crippen LogP contribution is 2.25. The second kappa shape index (κ2) is 5.00. The molecule has 0 bridgehead atoms. The number of ether oxygens (including phenoxy) is 1. The lowest BCUT2D eigenvalue weighted by Gasteiger charge is -2.13. The summed E-state index contributed by atoms with van der Waals surface area (Å²) in [6.07, 6.45) is 2.06. The highest BCUT2D eigenvalue weighted by Gasteiger charge is 2.21. The van der Waals surface area contributed by atoms with Crippen LogP contribution in [0.5, 0.6) is 5.75 Å². The molecule has 4 heteroatoms. The van der Waals surface area contributed by atoms with E-state index in [9.17, 15) is 8.78 Å². The average molecular weight is 241 g/mol. The van der Waals surface area contributed by atoms with E-state index in [2.05, 4.69) is 5.32 Å². The highest BCUT2D eigenvalue weighted by atomic mass is 19.1. The van der Waals surface area contributed by atoms with Gasteiger partial charge in [-0.1, -0.05) is 0 Å². The average Bonchev–Trinajstić information content (AvgIpc) is 3.04. The van der Waals surface area contributed by atoms with E-state index in [0.717, 1.165) is 12.8 Å². The summed E-state index contributed by atoms with van der Waals surface area (Å²) in [5.74, 6) is -1.55.